The Labute approximate surface area is 232 Å². The fourth-order valence-electron chi connectivity index (χ4n) is 3.46. The molecule has 4 aromatic carbocycles. The quantitative estimate of drug-likeness (QED) is 0.240. The molecule has 4 rings (SSSR count). The van der Waals surface area contributed by atoms with Crippen LogP contribution < -0.4 is 23.7 Å². The zero-order chi connectivity index (χ0) is 28.8. The van der Waals surface area contributed by atoms with Crippen LogP contribution in [0.5, 0.6) is 17.2 Å². The smallest absolute Gasteiger partial charge is 0.339 e. The maximum Gasteiger partial charge on any atom is 0.339 e. The van der Waals surface area contributed by atoms with Crippen molar-refractivity contribution in [3.8, 4) is 17.2 Å². The summed E-state index contributed by atoms with van der Waals surface area (Å²) in [6.07, 6.45) is 0. The Hall–Kier alpha value is -4.55. The van der Waals surface area contributed by atoms with Crippen molar-refractivity contribution in [3.63, 3.8) is 0 Å². The van der Waals surface area contributed by atoms with Crippen LogP contribution in [-0.2, 0) is 26.0 Å². The topological polar surface area (TPSA) is 137 Å². The summed E-state index contributed by atoms with van der Waals surface area (Å²) in [6.45, 7) is 1.85. The summed E-state index contributed by atoms with van der Waals surface area (Å²) in [7, 11) is -6.38. The van der Waals surface area contributed by atoms with Crippen LogP contribution in [-0.4, -0.2) is 30.0 Å². The van der Waals surface area contributed by atoms with Crippen molar-refractivity contribution in [2.24, 2.45) is 0 Å². The van der Waals surface area contributed by atoms with E-state index in [0.29, 0.717) is 22.7 Å². The highest BCUT2D eigenvalue weighted by molar-refractivity contribution is 7.87. The molecule has 0 unspecified atom stereocenters. The molecule has 0 heterocycles. The van der Waals surface area contributed by atoms with Crippen LogP contribution in [0.15, 0.2) is 102 Å². The molecule has 0 aromatic heterocycles. The highest BCUT2D eigenvalue weighted by atomic mass is 32.2. The minimum absolute atomic E-state index is 0.0333. The van der Waals surface area contributed by atoms with Crippen LogP contribution in [0.25, 0.3) is 0 Å². The minimum Gasteiger partial charge on any atom is -0.497 e. The first-order valence-electron chi connectivity index (χ1n) is 11.9. The lowest BCUT2D eigenvalue weighted by molar-refractivity contribution is 0.262. The zero-order valence-electron chi connectivity index (χ0n) is 21.5. The van der Waals surface area contributed by atoms with Crippen molar-refractivity contribution in [1.82, 2.24) is 0 Å². The molecule has 0 aliphatic heterocycles. The standard InChI is InChI=1S/C28H26N2O8S2/c1-20-3-17-27(18-4-20)40(34,35)38-26-15-9-23(10-16-26)30-28(31)29-22-7-13-25(14-8-22)37-39(32,33)19-21-5-11-24(36-2)12-6-21/h3-18H,19H2,1-2H3,(H2,29,30,31). The molecule has 0 aliphatic rings. The van der Waals surface area contributed by atoms with Gasteiger partial charge in [-0.1, -0.05) is 29.8 Å². The van der Waals surface area contributed by atoms with E-state index in [2.05, 4.69) is 10.6 Å². The normalized spacial score (nSPS) is 11.3. The summed E-state index contributed by atoms with van der Waals surface area (Å²) in [5, 5.41) is 5.23. The highest BCUT2D eigenvalue weighted by Crippen LogP contribution is 2.23. The van der Waals surface area contributed by atoms with E-state index >= 15 is 0 Å². The average molecular weight is 583 g/mol. The van der Waals surface area contributed by atoms with Gasteiger partial charge in [0, 0.05) is 11.4 Å². The second kappa shape index (κ2) is 12.1. The number of hydrogen-bond acceptors (Lipinski definition) is 8. The van der Waals surface area contributed by atoms with Crippen LogP contribution in [0.2, 0.25) is 0 Å². The molecule has 0 radical (unpaired) electrons. The van der Waals surface area contributed by atoms with Crippen LogP contribution >= 0.6 is 0 Å². The Morgan fingerprint density at radius 1 is 0.650 bits per heavy atom. The van der Waals surface area contributed by atoms with Gasteiger partial charge in [-0.05, 0) is 85.3 Å². The van der Waals surface area contributed by atoms with E-state index < -0.39 is 26.3 Å². The number of nitrogens with one attached hydrogen (secondary N) is 2. The molecule has 40 heavy (non-hydrogen) atoms. The summed E-state index contributed by atoms with van der Waals surface area (Å²) in [4.78, 5) is 12.4. The number of benzene rings is 4. The van der Waals surface area contributed by atoms with Crippen LogP contribution in [0.1, 0.15) is 11.1 Å². The van der Waals surface area contributed by atoms with E-state index in [0.717, 1.165) is 5.56 Å². The van der Waals surface area contributed by atoms with E-state index in [4.69, 9.17) is 13.1 Å². The second-order valence-electron chi connectivity index (χ2n) is 8.61. The van der Waals surface area contributed by atoms with E-state index in [9.17, 15) is 21.6 Å². The molecular weight excluding hydrogens is 556 g/mol. The molecule has 2 N–H and O–H groups in total. The third-order valence-corrected chi connectivity index (χ3v) is 7.86. The molecule has 0 saturated carbocycles. The van der Waals surface area contributed by atoms with Gasteiger partial charge in [0.1, 0.15) is 27.9 Å². The molecule has 208 valence electrons. The maximum atomic E-state index is 12.4. The Bertz CT molecular complexity index is 1670. The molecule has 4 aromatic rings. The van der Waals surface area contributed by atoms with Crippen molar-refractivity contribution < 1.29 is 34.7 Å². The van der Waals surface area contributed by atoms with Gasteiger partial charge in [0.05, 0.1) is 7.11 Å². The Morgan fingerprint density at radius 2 is 1.12 bits per heavy atom. The van der Waals surface area contributed by atoms with Crippen molar-refractivity contribution >= 4 is 37.6 Å². The van der Waals surface area contributed by atoms with Crippen LogP contribution in [0.3, 0.4) is 0 Å². The van der Waals surface area contributed by atoms with Crippen molar-refractivity contribution in [2.75, 3.05) is 17.7 Å². The maximum absolute atomic E-state index is 12.4. The van der Waals surface area contributed by atoms with Gasteiger partial charge in [0.2, 0.25) is 0 Å². The number of amides is 2. The fourth-order valence-corrected chi connectivity index (χ4v) is 5.46. The lowest BCUT2D eigenvalue weighted by Crippen LogP contribution is -2.19. The van der Waals surface area contributed by atoms with E-state index in [-0.39, 0.29) is 22.1 Å². The number of anilines is 2. The third-order valence-electron chi connectivity index (χ3n) is 5.47. The third kappa shape index (κ3) is 7.98. The predicted octanol–water partition coefficient (Wildman–Crippen LogP) is 5.32. The van der Waals surface area contributed by atoms with Crippen LogP contribution in [0, 0.1) is 6.92 Å². The van der Waals surface area contributed by atoms with Gasteiger partial charge >= 0.3 is 26.3 Å². The first-order valence-corrected chi connectivity index (χ1v) is 14.8. The molecule has 0 saturated heterocycles. The lowest BCUT2D eigenvalue weighted by Gasteiger charge is -2.11. The first-order chi connectivity index (χ1) is 19.0. The minimum atomic E-state index is -3.99. The molecule has 10 nitrogen and oxygen atoms in total. The Morgan fingerprint density at radius 3 is 1.62 bits per heavy atom. The Balaban J connectivity index is 1.29. The van der Waals surface area contributed by atoms with Gasteiger partial charge in [-0.15, -0.1) is 0 Å². The van der Waals surface area contributed by atoms with E-state index in [1.54, 1.807) is 36.4 Å². The fraction of sp³-hybridized carbons (Fsp3) is 0.107. The highest BCUT2D eigenvalue weighted by Gasteiger charge is 2.17. The molecule has 12 heteroatoms. The second-order valence-corrected chi connectivity index (χ2v) is 11.7. The number of hydrogen-bond donors (Lipinski definition) is 2. The van der Waals surface area contributed by atoms with Gasteiger partial charge in [-0.3, -0.25) is 0 Å². The van der Waals surface area contributed by atoms with Gasteiger partial charge in [-0.2, -0.15) is 16.8 Å². The average Bonchev–Trinajstić information content (AvgIpc) is 2.91. The molecule has 0 aliphatic carbocycles. The molecule has 2 amide bonds. The number of carbonyl (C=O) groups is 1. The summed E-state index contributed by atoms with van der Waals surface area (Å²) in [5.41, 5.74) is 2.25. The predicted molar refractivity (Wildman–Crippen MR) is 151 cm³/mol. The van der Waals surface area contributed by atoms with Crippen molar-refractivity contribution in [3.05, 3.63) is 108 Å². The largest absolute Gasteiger partial charge is 0.497 e. The van der Waals surface area contributed by atoms with Gasteiger partial charge in [0.25, 0.3) is 0 Å². The molecule has 0 fully saturated rings. The van der Waals surface area contributed by atoms with Crippen LogP contribution in [0.4, 0.5) is 16.2 Å². The molecule has 0 atom stereocenters. The molecule has 0 bridgehead atoms. The number of aryl methyl sites for hydroxylation is 1. The summed E-state index contributed by atoms with van der Waals surface area (Å²) in [5.74, 6) is 0.477. The summed E-state index contributed by atoms with van der Waals surface area (Å²) < 4.78 is 65.0. The number of ether oxygens (including phenoxy) is 1. The van der Waals surface area contributed by atoms with Crippen molar-refractivity contribution in [2.45, 2.75) is 17.6 Å². The number of methoxy groups -OCH3 is 1. The monoisotopic (exact) mass is 582 g/mol. The first kappa shape index (κ1) is 28.5. The SMILES string of the molecule is COc1ccc(CS(=O)(=O)Oc2ccc(NC(=O)Nc3ccc(OS(=O)(=O)c4ccc(C)cc4)cc3)cc2)cc1. The van der Waals surface area contributed by atoms with Gasteiger partial charge < -0.3 is 23.7 Å². The Kier molecular flexibility index (Phi) is 8.61. The summed E-state index contributed by atoms with van der Waals surface area (Å²) in [6, 6.07) is 23.9. The number of urea groups is 1. The lowest BCUT2D eigenvalue weighted by atomic mass is 10.2. The molecule has 0 spiro atoms. The van der Waals surface area contributed by atoms with E-state index in [1.165, 1.54) is 67.8 Å². The number of carbonyl (C=O) groups excluding carboxylic acids is 1. The summed E-state index contributed by atoms with van der Waals surface area (Å²) >= 11 is 0. The van der Waals surface area contributed by atoms with E-state index in [1.807, 2.05) is 6.92 Å². The van der Waals surface area contributed by atoms with Crippen molar-refractivity contribution in [1.29, 1.82) is 0 Å². The van der Waals surface area contributed by atoms with Gasteiger partial charge in [-0.25, -0.2) is 4.79 Å². The molecular formula is C28H26N2O8S2. The van der Waals surface area contributed by atoms with Gasteiger partial charge in [0.15, 0.2) is 0 Å². The number of rotatable bonds is 10. The zero-order valence-corrected chi connectivity index (χ0v) is 23.2.